The predicted molar refractivity (Wildman–Crippen MR) is 98.6 cm³/mol. The number of carbonyl (C=O) groups excluding carboxylic acids is 2. The number of nitrogens with zero attached hydrogens (tertiary/aromatic N) is 2. The number of halogens is 4. The Labute approximate surface area is 174 Å². The van der Waals surface area contributed by atoms with Crippen LogP contribution >= 0.6 is 0 Å². The number of carbonyl (C=O) groups is 2. The minimum absolute atomic E-state index is 0.213. The second-order valence-corrected chi connectivity index (χ2v) is 8.08. The van der Waals surface area contributed by atoms with Gasteiger partial charge in [-0.2, -0.15) is 13.2 Å². The van der Waals surface area contributed by atoms with Gasteiger partial charge in [0.15, 0.2) is 12.3 Å². The van der Waals surface area contributed by atoms with Crippen molar-refractivity contribution in [3.8, 4) is 5.75 Å². The molecule has 2 bridgehead atoms. The number of rotatable bonds is 6. The molecule has 31 heavy (non-hydrogen) atoms. The Morgan fingerprint density at radius 2 is 1.77 bits per heavy atom. The molecule has 0 spiro atoms. The number of aromatic nitrogens is 2. The summed E-state index contributed by atoms with van der Waals surface area (Å²) in [4.78, 5) is 31.1. The van der Waals surface area contributed by atoms with Crippen molar-refractivity contribution >= 4 is 11.8 Å². The van der Waals surface area contributed by atoms with Crippen LogP contribution in [-0.4, -0.2) is 39.5 Å². The van der Waals surface area contributed by atoms with E-state index >= 15 is 0 Å². The number of benzene rings is 1. The number of aryl methyl sites for hydroxylation is 1. The zero-order valence-corrected chi connectivity index (χ0v) is 16.3. The summed E-state index contributed by atoms with van der Waals surface area (Å²) in [6, 6.07) is 4.33. The van der Waals surface area contributed by atoms with Crippen molar-refractivity contribution in [1.82, 2.24) is 20.6 Å². The van der Waals surface area contributed by atoms with E-state index in [9.17, 15) is 27.2 Å². The lowest BCUT2D eigenvalue weighted by Gasteiger charge is -2.70. The zero-order chi connectivity index (χ0) is 22.4. The Kier molecular flexibility index (Phi) is 4.86. The van der Waals surface area contributed by atoms with Crippen LogP contribution in [0.1, 0.15) is 41.0 Å². The van der Waals surface area contributed by atoms with Gasteiger partial charge in [-0.3, -0.25) is 9.59 Å². The molecule has 0 saturated heterocycles. The first-order valence-electron chi connectivity index (χ1n) is 9.41. The van der Waals surface area contributed by atoms with E-state index in [1.54, 1.807) is 19.1 Å². The molecule has 2 N–H and O–H groups in total. The quantitative estimate of drug-likeness (QED) is 0.677. The lowest BCUT2D eigenvalue weighted by atomic mass is 9.44. The van der Waals surface area contributed by atoms with E-state index in [-0.39, 0.29) is 24.0 Å². The number of hydrogen-bond donors (Lipinski definition) is 2. The van der Waals surface area contributed by atoms with Gasteiger partial charge in [-0.25, -0.2) is 14.4 Å². The Bertz CT molecular complexity index is 1020. The van der Waals surface area contributed by atoms with E-state index in [2.05, 4.69) is 20.6 Å². The van der Waals surface area contributed by atoms with Crippen LogP contribution in [0.25, 0.3) is 0 Å². The lowest BCUT2D eigenvalue weighted by Crippen LogP contribution is -2.84. The van der Waals surface area contributed by atoms with E-state index < -0.39 is 34.7 Å². The Morgan fingerprint density at radius 1 is 1.10 bits per heavy atom. The first-order valence-corrected chi connectivity index (χ1v) is 9.41. The van der Waals surface area contributed by atoms with Gasteiger partial charge in [0.2, 0.25) is 0 Å². The van der Waals surface area contributed by atoms with Crippen LogP contribution in [0.5, 0.6) is 5.75 Å². The van der Waals surface area contributed by atoms with E-state index in [1.807, 2.05) is 0 Å². The lowest BCUT2D eigenvalue weighted by molar-refractivity contribution is -0.142. The third-order valence-electron chi connectivity index (χ3n) is 5.50. The van der Waals surface area contributed by atoms with Gasteiger partial charge in [-0.15, -0.1) is 0 Å². The van der Waals surface area contributed by atoms with Crippen molar-refractivity contribution in [2.75, 3.05) is 6.61 Å². The molecule has 11 heteroatoms. The highest BCUT2D eigenvalue weighted by Gasteiger charge is 2.69. The standard InChI is InChI=1S/C20H18F4N4O3/c1-11-2-3-12(4-13(11)21)31-7-16(29)27-18-8-19(9-18,10-18)28-17(30)14-5-26-15(6-25-14)20(22,23)24/h2-6H,7-10H2,1H3,(H,27,29)(H,28,30). The van der Waals surface area contributed by atoms with Gasteiger partial charge in [0.05, 0.1) is 12.4 Å². The van der Waals surface area contributed by atoms with Crippen molar-refractivity contribution in [3.05, 3.63) is 53.4 Å². The molecule has 2 amide bonds. The van der Waals surface area contributed by atoms with E-state index in [0.717, 1.165) is 6.20 Å². The number of ether oxygens (including phenoxy) is 1. The molecule has 7 nitrogen and oxygen atoms in total. The molecule has 5 rings (SSSR count). The molecule has 0 atom stereocenters. The third-order valence-corrected chi connectivity index (χ3v) is 5.50. The summed E-state index contributed by atoms with van der Waals surface area (Å²) in [5.74, 6) is -1.16. The molecule has 1 heterocycles. The van der Waals surface area contributed by atoms with Crippen LogP contribution in [0.2, 0.25) is 0 Å². The minimum atomic E-state index is -4.63. The molecule has 1 aromatic carbocycles. The summed E-state index contributed by atoms with van der Waals surface area (Å²) < 4.78 is 56.4. The summed E-state index contributed by atoms with van der Waals surface area (Å²) in [5, 5.41) is 5.61. The fourth-order valence-electron chi connectivity index (χ4n) is 4.09. The van der Waals surface area contributed by atoms with Gasteiger partial charge in [0, 0.05) is 17.1 Å². The maximum atomic E-state index is 13.5. The number of amides is 2. The van der Waals surface area contributed by atoms with Crippen molar-refractivity contribution in [3.63, 3.8) is 0 Å². The minimum Gasteiger partial charge on any atom is -0.484 e. The summed E-state index contributed by atoms with van der Waals surface area (Å²) in [7, 11) is 0. The second kappa shape index (κ2) is 7.17. The topological polar surface area (TPSA) is 93.2 Å². The first-order chi connectivity index (χ1) is 14.5. The van der Waals surface area contributed by atoms with Gasteiger partial charge in [-0.1, -0.05) is 6.07 Å². The monoisotopic (exact) mass is 438 g/mol. The average molecular weight is 438 g/mol. The van der Waals surface area contributed by atoms with Crippen molar-refractivity contribution in [2.24, 2.45) is 0 Å². The molecular formula is C20H18F4N4O3. The summed E-state index contributed by atoms with van der Waals surface area (Å²) in [5.41, 5.74) is -1.88. The van der Waals surface area contributed by atoms with E-state index in [1.165, 1.54) is 6.07 Å². The number of nitrogens with one attached hydrogen (secondary N) is 2. The number of alkyl halides is 3. The predicted octanol–water partition coefficient (Wildman–Crippen LogP) is 2.54. The van der Waals surface area contributed by atoms with Gasteiger partial charge < -0.3 is 15.4 Å². The van der Waals surface area contributed by atoms with Gasteiger partial charge >= 0.3 is 6.18 Å². The average Bonchev–Trinajstić information content (AvgIpc) is 2.65. The molecule has 3 saturated carbocycles. The maximum absolute atomic E-state index is 13.5. The van der Waals surface area contributed by atoms with Crippen LogP contribution < -0.4 is 15.4 Å². The highest BCUT2D eigenvalue weighted by atomic mass is 19.4. The highest BCUT2D eigenvalue weighted by molar-refractivity contribution is 5.93. The van der Waals surface area contributed by atoms with Crippen molar-refractivity contribution in [1.29, 1.82) is 0 Å². The molecule has 2 aromatic rings. The summed E-state index contributed by atoms with van der Waals surface area (Å²) in [6.07, 6.45) is -1.86. The molecular weight excluding hydrogens is 420 g/mol. The first kappa shape index (κ1) is 21.0. The van der Waals surface area contributed by atoms with Crippen LogP contribution in [-0.2, 0) is 11.0 Å². The Balaban J connectivity index is 1.24. The summed E-state index contributed by atoms with van der Waals surface area (Å²) >= 11 is 0. The summed E-state index contributed by atoms with van der Waals surface area (Å²) in [6.45, 7) is 1.35. The largest absolute Gasteiger partial charge is 0.484 e. The molecule has 0 aliphatic heterocycles. The van der Waals surface area contributed by atoms with Crippen LogP contribution in [0, 0.1) is 12.7 Å². The molecule has 0 radical (unpaired) electrons. The van der Waals surface area contributed by atoms with Crippen molar-refractivity contribution < 1.29 is 31.9 Å². The molecule has 0 unspecified atom stereocenters. The Morgan fingerprint density at radius 3 is 2.35 bits per heavy atom. The van der Waals surface area contributed by atoms with Crippen LogP contribution in [0.15, 0.2) is 30.6 Å². The second-order valence-electron chi connectivity index (χ2n) is 8.08. The van der Waals surface area contributed by atoms with Gasteiger partial charge in [0.25, 0.3) is 11.8 Å². The zero-order valence-electron chi connectivity index (χ0n) is 16.3. The normalized spacial score (nSPS) is 23.9. The molecule has 164 valence electrons. The Hall–Kier alpha value is -3.24. The molecule has 3 aliphatic carbocycles. The number of hydrogen-bond acceptors (Lipinski definition) is 5. The smallest absolute Gasteiger partial charge is 0.434 e. The molecule has 1 aromatic heterocycles. The van der Waals surface area contributed by atoms with Gasteiger partial charge in [-0.05, 0) is 37.8 Å². The third kappa shape index (κ3) is 4.17. The fraction of sp³-hybridized carbons (Fsp3) is 0.400. The maximum Gasteiger partial charge on any atom is 0.434 e. The molecule has 3 aliphatic rings. The van der Waals surface area contributed by atoms with Crippen LogP contribution in [0.3, 0.4) is 0 Å². The highest BCUT2D eigenvalue weighted by Crippen LogP contribution is 2.60. The fourth-order valence-corrected chi connectivity index (χ4v) is 4.09. The van der Waals surface area contributed by atoms with E-state index in [4.69, 9.17) is 4.74 Å². The van der Waals surface area contributed by atoms with E-state index in [0.29, 0.717) is 31.0 Å². The van der Waals surface area contributed by atoms with Crippen molar-refractivity contribution in [2.45, 2.75) is 43.4 Å². The molecule has 3 fully saturated rings. The SMILES string of the molecule is Cc1ccc(OCC(=O)NC23CC(NC(=O)c4cnc(C(F)(F)F)cn4)(C2)C3)cc1F. The van der Waals surface area contributed by atoms with Gasteiger partial charge in [0.1, 0.15) is 17.3 Å². The van der Waals surface area contributed by atoms with Crippen LogP contribution in [0.4, 0.5) is 17.6 Å².